The maximum Gasteiger partial charge on any atom is 0.472 e. The third-order valence-electron chi connectivity index (χ3n) is 11.3. The SMILES string of the molecule is CCCCC/C=C\C/C=C\C/C=C\CC(O)C(O)CCCC(=O)O[C@H](COC(=O)CCCCCCCCC/C=C\C/C=C\CCCCC)COP(=O)(O)O[C@H]1C(O)C(O)C(O)[C@@H](OP(=O)(O)O)C1O. The van der Waals surface area contributed by atoms with E-state index in [0.29, 0.717) is 12.8 Å². The van der Waals surface area contributed by atoms with Gasteiger partial charge < -0.3 is 54.8 Å². The number of hydrogen-bond acceptors (Lipinski definition) is 15. The first-order valence-corrected chi connectivity index (χ1v) is 28.0. The van der Waals surface area contributed by atoms with Crippen LogP contribution in [-0.4, -0.2) is 125 Å². The van der Waals surface area contributed by atoms with Crippen LogP contribution in [0.15, 0.2) is 60.8 Å². The number of aliphatic hydroxyl groups excluding tert-OH is 6. The Labute approximate surface area is 410 Å². The lowest BCUT2D eigenvalue weighted by Crippen LogP contribution is -2.64. The number of unbranched alkanes of at least 4 members (excludes halogenated alkanes) is 13. The van der Waals surface area contributed by atoms with E-state index in [1.165, 1.54) is 38.5 Å². The molecule has 0 bridgehead atoms. The van der Waals surface area contributed by atoms with Crippen LogP contribution in [0.2, 0.25) is 0 Å². The Bertz CT molecular complexity index is 1600. The van der Waals surface area contributed by atoms with Gasteiger partial charge in [0.05, 0.1) is 18.8 Å². The molecule has 1 saturated carbocycles. The second-order valence-electron chi connectivity index (χ2n) is 17.5. The standard InChI is InChI=1S/C49H86O18P2/c1-3-5-7-9-11-13-15-17-18-19-20-21-23-25-27-29-31-35-42(52)63-37-39(38-64-69(61,62)67-49-46(56)44(54)45(55)48(47(49)57)66-68(58,59)60)65-43(53)36-32-34-41(51)40(50)33-30-28-26-24-22-16-14-12-10-8-6-4-2/h11-14,17-18,22,24,28,30,39-41,44-51,54-57H,3-10,15-16,19-21,23,25-27,29,31-38H2,1-2H3,(H,61,62)(H2,58,59,60)/b13-11-,14-12-,18-17-,24-22-,30-28-/t39-,40?,41?,44?,45?,46?,47?,48-,49+/m1/s1. The first-order valence-electron chi connectivity index (χ1n) is 25.0. The molecular weight excluding hydrogens is 938 g/mol. The lowest BCUT2D eigenvalue weighted by Gasteiger charge is -2.43. The van der Waals surface area contributed by atoms with Gasteiger partial charge >= 0.3 is 27.6 Å². The monoisotopic (exact) mass is 1020 g/mol. The molecular formula is C49H86O18P2. The summed E-state index contributed by atoms with van der Waals surface area (Å²) in [6, 6.07) is 0. The first kappa shape index (κ1) is 64.6. The van der Waals surface area contributed by atoms with Gasteiger partial charge in [-0.25, -0.2) is 9.13 Å². The largest absolute Gasteiger partial charge is 0.472 e. The second kappa shape index (κ2) is 39.2. The third kappa shape index (κ3) is 33.1. The highest BCUT2D eigenvalue weighted by molar-refractivity contribution is 7.47. The number of hydrogen-bond donors (Lipinski definition) is 9. The molecule has 0 heterocycles. The van der Waals surface area contributed by atoms with E-state index < -0.39 is 95.7 Å². The predicted octanol–water partition coefficient (Wildman–Crippen LogP) is 7.78. The minimum absolute atomic E-state index is 0.0262. The zero-order valence-electron chi connectivity index (χ0n) is 40.9. The van der Waals surface area contributed by atoms with Crippen LogP contribution in [-0.2, 0) is 41.8 Å². The van der Waals surface area contributed by atoms with Crippen LogP contribution >= 0.6 is 15.6 Å². The van der Waals surface area contributed by atoms with E-state index in [1.807, 2.05) is 12.2 Å². The number of ether oxygens (including phenoxy) is 2. The molecule has 0 radical (unpaired) electrons. The number of aliphatic hydroxyl groups is 6. The summed E-state index contributed by atoms with van der Waals surface area (Å²) >= 11 is 0. The van der Waals surface area contributed by atoms with Gasteiger partial charge in [-0.3, -0.25) is 23.2 Å². The number of allylic oxidation sites excluding steroid dienone is 9. The molecule has 20 heteroatoms. The van der Waals surface area contributed by atoms with Crippen molar-refractivity contribution >= 4 is 27.6 Å². The lowest BCUT2D eigenvalue weighted by molar-refractivity contribution is -0.216. The van der Waals surface area contributed by atoms with E-state index in [1.54, 1.807) is 6.08 Å². The fourth-order valence-electron chi connectivity index (χ4n) is 7.22. The van der Waals surface area contributed by atoms with Crippen LogP contribution in [0.1, 0.15) is 168 Å². The van der Waals surface area contributed by atoms with Crippen LogP contribution in [0.3, 0.4) is 0 Å². The number of rotatable bonds is 41. The van der Waals surface area contributed by atoms with Gasteiger partial charge in [0, 0.05) is 12.8 Å². The minimum atomic E-state index is -5.40. The van der Waals surface area contributed by atoms with Crippen molar-refractivity contribution in [1.29, 1.82) is 0 Å². The van der Waals surface area contributed by atoms with Crippen LogP contribution in [0.25, 0.3) is 0 Å². The molecule has 1 aliphatic carbocycles. The van der Waals surface area contributed by atoms with Crippen molar-refractivity contribution < 1.29 is 87.1 Å². The smallest absolute Gasteiger partial charge is 0.462 e. The average molecular weight is 1030 g/mol. The van der Waals surface area contributed by atoms with E-state index in [0.717, 1.165) is 70.6 Å². The number of carbonyl (C=O) groups is 2. The molecule has 10 atom stereocenters. The van der Waals surface area contributed by atoms with Gasteiger partial charge in [0.2, 0.25) is 0 Å². The number of esters is 2. The summed E-state index contributed by atoms with van der Waals surface area (Å²) in [5.74, 6) is -1.50. The number of phosphoric acid groups is 2. The van der Waals surface area contributed by atoms with E-state index >= 15 is 0 Å². The molecule has 1 aliphatic rings. The maximum atomic E-state index is 13.0. The molecule has 9 N–H and O–H groups in total. The van der Waals surface area contributed by atoms with Crippen molar-refractivity contribution in [1.82, 2.24) is 0 Å². The van der Waals surface area contributed by atoms with E-state index in [2.05, 4.69) is 60.9 Å². The van der Waals surface area contributed by atoms with E-state index in [4.69, 9.17) is 18.5 Å². The molecule has 0 spiro atoms. The quantitative estimate of drug-likeness (QED) is 0.0122. The highest BCUT2D eigenvalue weighted by Gasteiger charge is 2.54. The van der Waals surface area contributed by atoms with E-state index in [-0.39, 0.29) is 32.1 Å². The van der Waals surface area contributed by atoms with Gasteiger partial charge in [-0.2, -0.15) is 0 Å². The van der Waals surface area contributed by atoms with Crippen LogP contribution < -0.4 is 0 Å². The Morgan fingerprint density at radius 2 is 0.986 bits per heavy atom. The van der Waals surface area contributed by atoms with Crippen molar-refractivity contribution in [2.75, 3.05) is 13.2 Å². The average Bonchev–Trinajstić information content (AvgIpc) is 3.30. The lowest BCUT2D eigenvalue weighted by atomic mass is 9.85. The van der Waals surface area contributed by atoms with Crippen molar-refractivity contribution in [2.24, 2.45) is 0 Å². The summed E-state index contributed by atoms with van der Waals surface area (Å²) in [5.41, 5.74) is 0. The van der Waals surface area contributed by atoms with Crippen LogP contribution in [0.5, 0.6) is 0 Å². The van der Waals surface area contributed by atoms with Crippen molar-refractivity contribution in [3.05, 3.63) is 60.8 Å². The van der Waals surface area contributed by atoms with Gasteiger partial charge in [0.15, 0.2) is 6.10 Å². The summed E-state index contributed by atoms with van der Waals surface area (Å²) in [7, 11) is -10.8. The molecule has 0 aromatic rings. The third-order valence-corrected chi connectivity index (χ3v) is 12.8. The van der Waals surface area contributed by atoms with Gasteiger partial charge in [-0.1, -0.05) is 132 Å². The van der Waals surface area contributed by atoms with Crippen molar-refractivity contribution in [2.45, 2.75) is 223 Å². The summed E-state index contributed by atoms with van der Waals surface area (Å²) in [6.45, 7) is 2.81. The Kier molecular flexibility index (Phi) is 36.7. The van der Waals surface area contributed by atoms with Crippen LogP contribution in [0.4, 0.5) is 0 Å². The predicted molar refractivity (Wildman–Crippen MR) is 262 cm³/mol. The topological polar surface area (TPSA) is 296 Å². The van der Waals surface area contributed by atoms with Gasteiger partial charge in [0.1, 0.15) is 43.2 Å². The van der Waals surface area contributed by atoms with E-state index in [9.17, 15) is 64.0 Å². The zero-order valence-corrected chi connectivity index (χ0v) is 42.7. The Morgan fingerprint density at radius 1 is 0.522 bits per heavy atom. The molecule has 0 aliphatic heterocycles. The summed E-state index contributed by atoms with van der Waals surface area (Å²) in [6.07, 6.45) is 23.1. The first-order chi connectivity index (χ1) is 32.9. The Balaban J connectivity index is 2.68. The second-order valence-corrected chi connectivity index (χ2v) is 20.1. The molecule has 400 valence electrons. The zero-order chi connectivity index (χ0) is 51.3. The molecule has 18 nitrogen and oxygen atoms in total. The van der Waals surface area contributed by atoms with Crippen LogP contribution in [0, 0.1) is 0 Å². The summed E-state index contributed by atoms with van der Waals surface area (Å²) < 4.78 is 49.2. The molecule has 1 rings (SSSR count). The Morgan fingerprint density at radius 3 is 1.52 bits per heavy atom. The molecule has 0 amide bonds. The molecule has 0 aromatic heterocycles. The summed E-state index contributed by atoms with van der Waals surface area (Å²) in [5, 5.41) is 62.2. The summed E-state index contributed by atoms with van der Waals surface area (Å²) in [4.78, 5) is 54.4. The molecule has 69 heavy (non-hydrogen) atoms. The minimum Gasteiger partial charge on any atom is -0.462 e. The molecule has 7 unspecified atom stereocenters. The number of carbonyl (C=O) groups excluding carboxylic acids is 2. The number of phosphoric ester groups is 2. The van der Waals surface area contributed by atoms with Crippen molar-refractivity contribution in [3.63, 3.8) is 0 Å². The van der Waals surface area contributed by atoms with Crippen molar-refractivity contribution in [3.8, 4) is 0 Å². The fourth-order valence-corrected chi connectivity index (χ4v) is 8.76. The fraction of sp³-hybridized carbons (Fsp3) is 0.755. The molecule has 0 saturated heterocycles. The molecule has 0 aromatic carbocycles. The highest BCUT2D eigenvalue weighted by atomic mass is 31.2. The van der Waals surface area contributed by atoms with Gasteiger partial charge in [-0.05, 0) is 83.5 Å². The maximum absolute atomic E-state index is 13.0. The normalized spacial score (nSPS) is 22.5. The molecule has 1 fully saturated rings. The van der Waals surface area contributed by atoms with Gasteiger partial charge in [0.25, 0.3) is 0 Å². The Hall–Kier alpha value is -2.38. The van der Waals surface area contributed by atoms with Gasteiger partial charge in [-0.15, -0.1) is 0 Å². The highest BCUT2D eigenvalue weighted by Crippen LogP contribution is 2.49.